The van der Waals surface area contributed by atoms with E-state index < -0.39 is 11.0 Å². The van der Waals surface area contributed by atoms with Crippen molar-refractivity contribution in [3.63, 3.8) is 0 Å². The lowest BCUT2D eigenvalue weighted by molar-refractivity contribution is 0.688. The van der Waals surface area contributed by atoms with Gasteiger partial charge in [0.25, 0.3) is 0 Å². The maximum atomic E-state index is 10.7. The summed E-state index contributed by atoms with van der Waals surface area (Å²) in [5.74, 6) is 0. The second kappa shape index (κ2) is 4.19. The Balaban J connectivity index is 4.58. The zero-order valence-corrected chi connectivity index (χ0v) is 6.78. The van der Waals surface area contributed by atoms with E-state index in [1.54, 1.807) is 13.0 Å². The average molecular weight is 157 g/mol. The van der Waals surface area contributed by atoms with Crippen molar-refractivity contribution < 1.29 is 4.21 Å². The van der Waals surface area contributed by atoms with Crippen LogP contribution in [0.2, 0.25) is 0 Å². The first-order chi connectivity index (χ1) is 4.59. The van der Waals surface area contributed by atoms with Crippen LogP contribution in [0.15, 0.2) is 35.8 Å². The molecule has 1 atom stereocenters. The fraction of sp³-hybridized carbons (Fsp3) is 0.143. The monoisotopic (exact) mass is 157 g/mol. The van der Waals surface area contributed by atoms with Gasteiger partial charge in [-0.1, -0.05) is 19.2 Å². The summed E-state index contributed by atoms with van der Waals surface area (Å²) in [5.41, 5.74) is 0.709. The Hall–Kier alpha value is -0.670. The Labute approximate surface area is 63.7 Å². The van der Waals surface area contributed by atoms with Gasteiger partial charge in [-0.3, -0.25) is 0 Å². The SMILES string of the molecule is C=C/C=C(\C(=C)C)S(N)=O. The molecule has 3 heteroatoms. The molecule has 0 bridgehead atoms. The third-order valence-corrected chi connectivity index (χ3v) is 1.82. The second-order valence-electron chi connectivity index (χ2n) is 1.84. The smallest absolute Gasteiger partial charge is 0.122 e. The summed E-state index contributed by atoms with van der Waals surface area (Å²) >= 11 is 0. The molecular formula is C7H11NOS. The molecule has 0 saturated heterocycles. The molecule has 0 spiro atoms. The fourth-order valence-corrected chi connectivity index (χ4v) is 1.06. The normalized spacial score (nSPS) is 14.4. The van der Waals surface area contributed by atoms with Gasteiger partial charge in [-0.25, -0.2) is 9.35 Å². The Morgan fingerprint density at radius 1 is 1.70 bits per heavy atom. The van der Waals surface area contributed by atoms with Crippen LogP contribution in [-0.2, 0) is 11.0 Å². The quantitative estimate of drug-likeness (QED) is 0.616. The number of hydrogen-bond donors (Lipinski definition) is 1. The van der Waals surface area contributed by atoms with E-state index in [9.17, 15) is 4.21 Å². The van der Waals surface area contributed by atoms with Crippen LogP contribution < -0.4 is 5.14 Å². The van der Waals surface area contributed by atoms with Gasteiger partial charge in [-0.15, -0.1) is 0 Å². The molecule has 2 N–H and O–H groups in total. The molecule has 2 nitrogen and oxygen atoms in total. The standard InChI is InChI=1S/C7H11NOS/c1-4-5-7(6(2)3)10(8)9/h4-5H,1-2,8H2,3H3/b7-5+. The predicted molar refractivity (Wildman–Crippen MR) is 45.4 cm³/mol. The van der Waals surface area contributed by atoms with E-state index >= 15 is 0 Å². The van der Waals surface area contributed by atoms with E-state index in [1.807, 2.05) is 0 Å². The van der Waals surface area contributed by atoms with Crippen LogP contribution in [0.5, 0.6) is 0 Å². The summed E-state index contributed by atoms with van der Waals surface area (Å²) in [7, 11) is -1.44. The topological polar surface area (TPSA) is 43.1 Å². The Bertz CT molecular complexity index is 190. The van der Waals surface area contributed by atoms with Crippen LogP contribution in [0, 0.1) is 0 Å². The van der Waals surface area contributed by atoms with Gasteiger partial charge in [0, 0.05) is 0 Å². The molecule has 0 aromatic carbocycles. The van der Waals surface area contributed by atoms with E-state index in [0.29, 0.717) is 10.5 Å². The van der Waals surface area contributed by atoms with Crippen molar-refractivity contribution in [3.8, 4) is 0 Å². The summed E-state index contributed by atoms with van der Waals surface area (Å²) in [5, 5.41) is 5.12. The van der Waals surface area contributed by atoms with Crippen LogP contribution in [0.4, 0.5) is 0 Å². The summed E-state index contributed by atoms with van der Waals surface area (Å²) in [4.78, 5) is 0.537. The first kappa shape index (κ1) is 9.33. The maximum absolute atomic E-state index is 10.7. The van der Waals surface area contributed by atoms with E-state index in [-0.39, 0.29) is 0 Å². The van der Waals surface area contributed by atoms with Gasteiger partial charge in [0.05, 0.1) is 4.91 Å². The average Bonchev–Trinajstić information content (AvgIpc) is 1.81. The first-order valence-corrected chi connectivity index (χ1v) is 3.95. The van der Waals surface area contributed by atoms with Crippen LogP contribution >= 0.6 is 0 Å². The van der Waals surface area contributed by atoms with Gasteiger partial charge < -0.3 is 0 Å². The van der Waals surface area contributed by atoms with Gasteiger partial charge in [0.1, 0.15) is 11.0 Å². The lowest BCUT2D eigenvalue weighted by Gasteiger charge is -1.98. The molecule has 0 fully saturated rings. The third kappa shape index (κ3) is 2.75. The number of nitrogens with two attached hydrogens (primary N) is 1. The van der Waals surface area contributed by atoms with Gasteiger partial charge in [-0.05, 0) is 18.6 Å². The van der Waals surface area contributed by atoms with E-state index in [0.717, 1.165) is 0 Å². The van der Waals surface area contributed by atoms with E-state index in [1.165, 1.54) is 6.08 Å². The highest BCUT2D eigenvalue weighted by atomic mass is 32.2. The molecule has 0 heterocycles. The van der Waals surface area contributed by atoms with E-state index in [2.05, 4.69) is 13.2 Å². The maximum Gasteiger partial charge on any atom is 0.122 e. The van der Waals surface area contributed by atoms with Crippen molar-refractivity contribution in [2.24, 2.45) is 5.14 Å². The largest absolute Gasteiger partial charge is 0.248 e. The molecule has 0 aliphatic rings. The minimum atomic E-state index is -1.44. The molecule has 0 rings (SSSR count). The Morgan fingerprint density at radius 3 is 2.30 bits per heavy atom. The summed E-state index contributed by atoms with van der Waals surface area (Å²) in [6, 6.07) is 0. The van der Waals surface area contributed by atoms with Crippen molar-refractivity contribution in [2.45, 2.75) is 6.92 Å². The van der Waals surface area contributed by atoms with Crippen LogP contribution in [0.3, 0.4) is 0 Å². The lowest BCUT2D eigenvalue weighted by Crippen LogP contribution is -2.05. The lowest BCUT2D eigenvalue weighted by atomic mass is 10.3. The molecule has 0 aromatic heterocycles. The molecule has 10 heavy (non-hydrogen) atoms. The third-order valence-electron chi connectivity index (χ3n) is 0.907. The van der Waals surface area contributed by atoms with E-state index in [4.69, 9.17) is 5.14 Å². The summed E-state index contributed by atoms with van der Waals surface area (Å²) in [6.07, 6.45) is 3.13. The Morgan fingerprint density at radius 2 is 2.20 bits per heavy atom. The molecule has 0 amide bonds. The second-order valence-corrected chi connectivity index (χ2v) is 2.88. The van der Waals surface area contributed by atoms with Gasteiger partial charge in [0.15, 0.2) is 0 Å². The van der Waals surface area contributed by atoms with Crippen molar-refractivity contribution in [1.82, 2.24) is 0 Å². The van der Waals surface area contributed by atoms with Crippen LogP contribution in [-0.4, -0.2) is 4.21 Å². The zero-order chi connectivity index (χ0) is 8.15. The zero-order valence-electron chi connectivity index (χ0n) is 5.96. The number of hydrogen-bond acceptors (Lipinski definition) is 1. The minimum absolute atomic E-state index is 0.537. The van der Waals surface area contributed by atoms with Gasteiger partial charge in [0.2, 0.25) is 0 Å². The molecular weight excluding hydrogens is 146 g/mol. The molecule has 0 aromatic rings. The van der Waals surface area contributed by atoms with Crippen molar-refractivity contribution in [3.05, 3.63) is 35.8 Å². The van der Waals surface area contributed by atoms with Crippen molar-refractivity contribution >= 4 is 11.0 Å². The highest BCUT2D eigenvalue weighted by Gasteiger charge is 2.00. The van der Waals surface area contributed by atoms with Gasteiger partial charge in [-0.2, -0.15) is 0 Å². The predicted octanol–water partition coefficient (Wildman–Crippen LogP) is 1.25. The summed E-state index contributed by atoms with van der Waals surface area (Å²) in [6.45, 7) is 8.81. The summed E-state index contributed by atoms with van der Waals surface area (Å²) < 4.78 is 10.7. The molecule has 56 valence electrons. The molecule has 0 aliphatic carbocycles. The highest BCUT2D eigenvalue weighted by Crippen LogP contribution is 2.07. The number of rotatable bonds is 3. The van der Waals surface area contributed by atoms with Crippen molar-refractivity contribution in [2.75, 3.05) is 0 Å². The molecule has 0 saturated carbocycles. The molecule has 1 unspecified atom stereocenters. The first-order valence-electron chi connectivity index (χ1n) is 2.74. The van der Waals surface area contributed by atoms with Gasteiger partial charge >= 0.3 is 0 Å². The highest BCUT2D eigenvalue weighted by molar-refractivity contribution is 7.87. The van der Waals surface area contributed by atoms with Crippen LogP contribution in [0.1, 0.15) is 6.92 Å². The fourth-order valence-electron chi connectivity index (χ4n) is 0.488. The minimum Gasteiger partial charge on any atom is -0.248 e. The van der Waals surface area contributed by atoms with Crippen LogP contribution in [0.25, 0.3) is 0 Å². The van der Waals surface area contributed by atoms with Crippen molar-refractivity contribution in [1.29, 1.82) is 0 Å². The number of allylic oxidation sites excluding steroid dienone is 3. The molecule has 0 aliphatic heterocycles. The Kier molecular flexibility index (Phi) is 3.91. The molecule has 0 radical (unpaired) electrons.